The summed E-state index contributed by atoms with van der Waals surface area (Å²) in [5.41, 5.74) is 1.08. The minimum atomic E-state index is 0.00455. The lowest BCUT2D eigenvalue weighted by Crippen LogP contribution is -2.28. The molecule has 0 aliphatic carbocycles. The van der Waals surface area contributed by atoms with Crippen LogP contribution in [0.4, 0.5) is 5.69 Å². The second-order valence-electron chi connectivity index (χ2n) is 5.13. The monoisotopic (exact) mass is 382 g/mol. The van der Waals surface area contributed by atoms with Crippen molar-refractivity contribution in [1.82, 2.24) is 4.90 Å². The highest BCUT2D eigenvalue weighted by molar-refractivity contribution is 8.26. The van der Waals surface area contributed by atoms with Gasteiger partial charge in [-0.05, 0) is 36.8 Å². The van der Waals surface area contributed by atoms with E-state index in [1.165, 1.54) is 11.8 Å². The van der Waals surface area contributed by atoms with E-state index in [-0.39, 0.29) is 5.91 Å². The van der Waals surface area contributed by atoms with Gasteiger partial charge in [0.1, 0.15) is 4.32 Å². The number of allylic oxidation sites excluding steroid dienone is 2. The minimum Gasteiger partial charge on any atom is -0.338 e. The number of halogens is 1. The molecule has 2 aliphatic rings. The fourth-order valence-electron chi connectivity index (χ4n) is 2.36. The molecule has 1 saturated heterocycles. The van der Waals surface area contributed by atoms with E-state index in [0.29, 0.717) is 15.8 Å². The van der Waals surface area contributed by atoms with E-state index < -0.39 is 0 Å². The van der Waals surface area contributed by atoms with Crippen molar-refractivity contribution in [3.05, 3.63) is 45.3 Å². The van der Waals surface area contributed by atoms with Gasteiger partial charge in [-0.25, -0.2) is 0 Å². The number of fused-ring (bicyclic) bond motifs is 1. The molecule has 23 heavy (non-hydrogen) atoms. The first kappa shape index (κ1) is 16.9. The zero-order valence-electron chi connectivity index (χ0n) is 12.7. The molecule has 3 nitrogen and oxygen atoms in total. The molecule has 1 amide bonds. The molecule has 0 saturated carbocycles. The Morgan fingerprint density at radius 1 is 1.30 bits per heavy atom. The summed E-state index contributed by atoms with van der Waals surface area (Å²) in [6.45, 7) is 2.72. The molecule has 0 unspecified atom stereocenters. The molecule has 7 heteroatoms. The van der Waals surface area contributed by atoms with E-state index in [1.54, 1.807) is 16.7 Å². The highest BCUT2D eigenvalue weighted by Crippen LogP contribution is 2.46. The molecule has 2 aliphatic heterocycles. The summed E-state index contributed by atoms with van der Waals surface area (Å²) < 4.78 is 0.643. The maximum Gasteiger partial charge on any atom is 0.266 e. The van der Waals surface area contributed by atoms with Gasteiger partial charge in [-0.3, -0.25) is 9.69 Å². The third-order valence-electron chi connectivity index (χ3n) is 3.53. The number of benzene rings is 1. The summed E-state index contributed by atoms with van der Waals surface area (Å²) in [6.07, 6.45) is 4.73. The molecule has 0 radical (unpaired) electrons. The molecule has 1 aromatic rings. The van der Waals surface area contributed by atoms with Crippen molar-refractivity contribution in [2.24, 2.45) is 0 Å². The summed E-state index contributed by atoms with van der Waals surface area (Å²) in [4.78, 5) is 17.9. The van der Waals surface area contributed by atoms with Crippen LogP contribution < -0.4 is 4.90 Å². The highest BCUT2D eigenvalue weighted by atomic mass is 35.5. The van der Waals surface area contributed by atoms with E-state index >= 15 is 0 Å². The summed E-state index contributed by atoms with van der Waals surface area (Å²) in [5, 5.41) is 1.78. The van der Waals surface area contributed by atoms with Crippen molar-refractivity contribution in [3.8, 4) is 0 Å². The molecule has 1 aromatic carbocycles. The van der Waals surface area contributed by atoms with Gasteiger partial charge < -0.3 is 4.90 Å². The van der Waals surface area contributed by atoms with Crippen molar-refractivity contribution < 1.29 is 4.79 Å². The zero-order valence-corrected chi connectivity index (χ0v) is 15.9. The van der Waals surface area contributed by atoms with Crippen molar-refractivity contribution in [1.29, 1.82) is 0 Å². The van der Waals surface area contributed by atoms with Gasteiger partial charge in [-0.15, -0.1) is 0 Å². The van der Waals surface area contributed by atoms with Crippen LogP contribution >= 0.6 is 47.3 Å². The third-order valence-corrected chi connectivity index (χ3v) is 6.34. The number of rotatable bonds is 3. The minimum absolute atomic E-state index is 0.00455. The van der Waals surface area contributed by atoms with Crippen LogP contribution in [0.5, 0.6) is 0 Å². The Labute approximate surface area is 154 Å². The largest absolute Gasteiger partial charge is 0.338 e. The van der Waals surface area contributed by atoms with Crippen LogP contribution in [0.25, 0.3) is 0 Å². The zero-order chi connectivity index (χ0) is 16.6. The maximum absolute atomic E-state index is 12.3. The summed E-state index contributed by atoms with van der Waals surface area (Å²) >= 11 is 14.4. The molecule has 1 fully saturated rings. The lowest BCUT2D eigenvalue weighted by Gasteiger charge is -2.13. The Morgan fingerprint density at radius 2 is 2.09 bits per heavy atom. The fourth-order valence-corrected chi connectivity index (χ4v) is 4.81. The van der Waals surface area contributed by atoms with Gasteiger partial charge in [0, 0.05) is 23.5 Å². The Morgan fingerprint density at radius 3 is 2.83 bits per heavy atom. The van der Waals surface area contributed by atoms with Crippen LogP contribution in [-0.4, -0.2) is 28.7 Å². The molecule has 0 bridgehead atoms. The summed E-state index contributed by atoms with van der Waals surface area (Å²) in [5.74, 6) is 0.00455. The molecular formula is C16H15ClN2OS3. The number of anilines is 1. The molecule has 3 rings (SSSR count). The average Bonchev–Trinajstić information content (AvgIpc) is 2.97. The maximum atomic E-state index is 12.3. The third kappa shape index (κ3) is 3.31. The smallest absolute Gasteiger partial charge is 0.266 e. The normalized spacial score (nSPS) is 21.0. The number of carbonyl (C=O) groups is 1. The van der Waals surface area contributed by atoms with Gasteiger partial charge in [-0.1, -0.05) is 54.3 Å². The van der Waals surface area contributed by atoms with Crippen LogP contribution in [0, 0.1) is 0 Å². The van der Waals surface area contributed by atoms with E-state index in [0.717, 1.165) is 27.1 Å². The van der Waals surface area contributed by atoms with Gasteiger partial charge in [0.15, 0.2) is 0 Å². The van der Waals surface area contributed by atoms with Crippen molar-refractivity contribution in [3.63, 3.8) is 0 Å². The van der Waals surface area contributed by atoms with Gasteiger partial charge in [0.2, 0.25) is 0 Å². The lowest BCUT2D eigenvalue weighted by molar-refractivity contribution is -0.122. The first-order valence-corrected chi connectivity index (χ1v) is 9.60. The summed E-state index contributed by atoms with van der Waals surface area (Å²) in [7, 11) is 2.00. The van der Waals surface area contributed by atoms with Gasteiger partial charge >= 0.3 is 0 Å². The van der Waals surface area contributed by atoms with Gasteiger partial charge in [0.05, 0.1) is 15.6 Å². The number of carbonyl (C=O) groups excluding carboxylic acids is 1. The number of thiocarbonyl (C=S) groups is 1. The van der Waals surface area contributed by atoms with Crippen LogP contribution in [0.3, 0.4) is 0 Å². The topological polar surface area (TPSA) is 23.6 Å². The first-order chi connectivity index (χ1) is 11.0. The summed E-state index contributed by atoms with van der Waals surface area (Å²) in [6, 6.07) is 5.85. The van der Waals surface area contributed by atoms with Crippen LogP contribution in [0.1, 0.15) is 13.3 Å². The lowest BCUT2D eigenvalue weighted by atomic mass is 10.3. The van der Waals surface area contributed by atoms with Crippen molar-refractivity contribution in [2.45, 2.75) is 18.2 Å². The molecule has 0 N–H and O–H groups in total. The quantitative estimate of drug-likeness (QED) is 0.547. The number of amides is 1. The van der Waals surface area contributed by atoms with Crippen LogP contribution in [-0.2, 0) is 4.79 Å². The SMILES string of the molecule is CCCN1C(=O)C(=CC=C2Sc3ccc(Cl)cc3N2C)SC1=S. The van der Waals surface area contributed by atoms with E-state index in [9.17, 15) is 4.79 Å². The van der Waals surface area contributed by atoms with E-state index in [4.69, 9.17) is 23.8 Å². The number of hydrogen-bond acceptors (Lipinski definition) is 5. The number of nitrogens with zero attached hydrogens (tertiary/aromatic N) is 2. The Balaban J connectivity index is 1.82. The number of hydrogen-bond donors (Lipinski definition) is 0. The Kier molecular flexibility index (Phi) is 5.06. The predicted molar refractivity (Wildman–Crippen MR) is 104 cm³/mol. The molecule has 0 atom stereocenters. The standard InChI is InChI=1S/C16H15ClN2OS3/c1-3-8-19-15(20)13(23-16(19)21)6-7-14-18(2)11-9-10(17)4-5-12(11)22-14/h4-7,9H,3,8H2,1-2H3. The van der Waals surface area contributed by atoms with Crippen molar-refractivity contribution >= 4 is 63.3 Å². The number of thioether (sulfide) groups is 2. The second kappa shape index (κ2) is 6.89. The first-order valence-electron chi connectivity index (χ1n) is 7.18. The van der Waals surface area contributed by atoms with E-state index in [2.05, 4.69) is 4.90 Å². The Bertz CT molecular complexity index is 745. The van der Waals surface area contributed by atoms with Gasteiger partial charge in [-0.2, -0.15) is 0 Å². The average molecular weight is 383 g/mol. The fraction of sp³-hybridized carbons (Fsp3) is 0.250. The van der Waals surface area contributed by atoms with Crippen molar-refractivity contribution in [2.75, 3.05) is 18.5 Å². The molecule has 120 valence electrons. The predicted octanol–water partition coefficient (Wildman–Crippen LogP) is 4.88. The highest BCUT2D eigenvalue weighted by Gasteiger charge is 2.31. The molecule has 0 aromatic heterocycles. The molecule has 2 heterocycles. The Hall–Kier alpha value is -0.950. The molecular weight excluding hydrogens is 368 g/mol. The molecule has 0 spiro atoms. The van der Waals surface area contributed by atoms with Crippen LogP contribution in [0.2, 0.25) is 5.02 Å². The second-order valence-corrected chi connectivity index (χ2v) is 8.31. The van der Waals surface area contributed by atoms with Crippen LogP contribution in [0.15, 0.2) is 45.2 Å². The van der Waals surface area contributed by atoms with Gasteiger partial charge in [0.25, 0.3) is 5.91 Å². The van der Waals surface area contributed by atoms with E-state index in [1.807, 2.05) is 44.3 Å².